The van der Waals surface area contributed by atoms with Crippen LogP contribution in [0.2, 0.25) is 0 Å². The highest BCUT2D eigenvalue weighted by Gasteiger charge is 2.16. The lowest BCUT2D eigenvalue weighted by atomic mass is 10.3. The monoisotopic (exact) mass is 482 g/mol. The van der Waals surface area contributed by atoms with Crippen LogP contribution in [0.4, 0.5) is 11.4 Å². The minimum absolute atomic E-state index is 0.105. The molecule has 2 aromatic carbocycles. The number of rotatable bonds is 3. The standard InChI is InChI=1S/C12H9Br3N2O2S/c13-7-1-4-12(10(15)5-7)17-20(18,19)8-2-3-9(14)11(16)6-8/h1-6,17H,16H2. The van der Waals surface area contributed by atoms with Crippen LogP contribution in [0.3, 0.4) is 0 Å². The molecule has 4 nitrogen and oxygen atoms in total. The number of hydrogen-bond donors (Lipinski definition) is 2. The zero-order valence-corrected chi connectivity index (χ0v) is 15.5. The van der Waals surface area contributed by atoms with E-state index in [1.807, 2.05) is 0 Å². The Labute approximate surface area is 142 Å². The number of nitrogens with one attached hydrogen (secondary N) is 1. The van der Waals surface area contributed by atoms with Crippen molar-refractivity contribution >= 4 is 69.2 Å². The first-order valence-corrected chi connectivity index (χ1v) is 9.19. The van der Waals surface area contributed by atoms with E-state index < -0.39 is 10.0 Å². The lowest BCUT2D eigenvalue weighted by molar-refractivity contribution is 0.601. The summed E-state index contributed by atoms with van der Waals surface area (Å²) >= 11 is 9.85. The predicted molar refractivity (Wildman–Crippen MR) is 91.2 cm³/mol. The minimum atomic E-state index is -3.68. The van der Waals surface area contributed by atoms with Crippen LogP contribution in [-0.2, 0) is 10.0 Å². The number of nitrogen functional groups attached to an aromatic ring is 1. The molecule has 8 heteroatoms. The van der Waals surface area contributed by atoms with Gasteiger partial charge in [-0.25, -0.2) is 8.42 Å². The molecule has 3 N–H and O–H groups in total. The van der Waals surface area contributed by atoms with Crippen molar-refractivity contribution in [1.82, 2.24) is 0 Å². The fourth-order valence-corrected chi connectivity index (χ4v) is 4.10. The van der Waals surface area contributed by atoms with Gasteiger partial charge in [0.1, 0.15) is 0 Å². The highest BCUT2D eigenvalue weighted by Crippen LogP contribution is 2.29. The molecule has 0 aliphatic carbocycles. The smallest absolute Gasteiger partial charge is 0.262 e. The molecule has 0 aromatic heterocycles. The summed E-state index contributed by atoms with van der Waals surface area (Å²) in [5.41, 5.74) is 6.52. The van der Waals surface area contributed by atoms with Crippen molar-refractivity contribution in [3.8, 4) is 0 Å². The first kappa shape index (κ1) is 15.8. The Morgan fingerprint density at radius 1 is 0.950 bits per heavy atom. The van der Waals surface area contributed by atoms with Crippen molar-refractivity contribution in [2.75, 3.05) is 10.5 Å². The van der Waals surface area contributed by atoms with E-state index in [1.165, 1.54) is 12.1 Å². The topological polar surface area (TPSA) is 72.2 Å². The van der Waals surface area contributed by atoms with E-state index in [0.29, 0.717) is 20.3 Å². The number of anilines is 2. The van der Waals surface area contributed by atoms with E-state index in [4.69, 9.17) is 5.73 Å². The Morgan fingerprint density at radius 2 is 1.65 bits per heavy atom. The van der Waals surface area contributed by atoms with Crippen molar-refractivity contribution in [1.29, 1.82) is 0 Å². The van der Waals surface area contributed by atoms with Gasteiger partial charge in [0.2, 0.25) is 0 Å². The van der Waals surface area contributed by atoms with E-state index >= 15 is 0 Å². The Balaban J connectivity index is 2.38. The predicted octanol–water partition coefficient (Wildman–Crippen LogP) is 4.36. The molecule has 0 radical (unpaired) electrons. The summed E-state index contributed by atoms with van der Waals surface area (Å²) in [5.74, 6) is 0. The summed E-state index contributed by atoms with van der Waals surface area (Å²) < 4.78 is 29.2. The van der Waals surface area contributed by atoms with Crippen LogP contribution in [0.15, 0.2) is 54.7 Å². The van der Waals surface area contributed by atoms with Gasteiger partial charge in [-0.1, -0.05) is 15.9 Å². The van der Waals surface area contributed by atoms with Gasteiger partial charge in [-0.2, -0.15) is 0 Å². The molecule has 0 saturated heterocycles. The van der Waals surface area contributed by atoms with Crippen LogP contribution in [-0.4, -0.2) is 8.42 Å². The van der Waals surface area contributed by atoms with Gasteiger partial charge in [-0.05, 0) is 68.3 Å². The van der Waals surface area contributed by atoms with Crippen LogP contribution in [0.1, 0.15) is 0 Å². The summed E-state index contributed by atoms with van der Waals surface area (Å²) in [6, 6.07) is 9.65. The molecule has 0 unspecified atom stereocenters. The third kappa shape index (κ3) is 3.55. The highest BCUT2D eigenvalue weighted by molar-refractivity contribution is 9.11. The molecule has 0 atom stereocenters. The summed E-state index contributed by atoms with van der Waals surface area (Å²) in [6.45, 7) is 0. The molecule has 0 spiro atoms. The van der Waals surface area contributed by atoms with E-state index in [9.17, 15) is 8.42 Å². The van der Waals surface area contributed by atoms with E-state index in [0.717, 1.165) is 4.47 Å². The van der Waals surface area contributed by atoms with Crippen LogP contribution >= 0.6 is 47.8 Å². The van der Waals surface area contributed by atoms with Gasteiger partial charge in [0.05, 0.1) is 10.6 Å². The fraction of sp³-hybridized carbons (Fsp3) is 0. The first-order valence-electron chi connectivity index (χ1n) is 5.32. The SMILES string of the molecule is Nc1cc(S(=O)(=O)Nc2ccc(Br)cc2Br)ccc1Br. The Hall–Kier alpha value is -0.570. The molecule has 0 heterocycles. The quantitative estimate of drug-likeness (QED) is 0.636. The normalized spacial score (nSPS) is 11.3. The van der Waals surface area contributed by atoms with Crippen LogP contribution in [0.25, 0.3) is 0 Å². The molecule has 0 amide bonds. The number of sulfonamides is 1. The number of benzene rings is 2. The largest absolute Gasteiger partial charge is 0.398 e. The van der Waals surface area contributed by atoms with E-state index in [1.54, 1.807) is 24.3 Å². The first-order chi connectivity index (χ1) is 9.29. The van der Waals surface area contributed by atoms with Gasteiger partial charge in [0.15, 0.2) is 0 Å². The Kier molecular flexibility index (Phi) is 4.78. The molecule has 0 bridgehead atoms. The third-order valence-electron chi connectivity index (χ3n) is 2.45. The zero-order chi connectivity index (χ0) is 14.9. The van der Waals surface area contributed by atoms with Crippen molar-refractivity contribution in [2.45, 2.75) is 4.90 Å². The second-order valence-electron chi connectivity index (χ2n) is 3.91. The van der Waals surface area contributed by atoms with Gasteiger partial charge >= 0.3 is 0 Å². The molecule has 2 aromatic rings. The molecule has 2 rings (SSSR count). The maximum absolute atomic E-state index is 12.3. The van der Waals surface area contributed by atoms with Crippen molar-refractivity contribution in [3.05, 3.63) is 49.8 Å². The van der Waals surface area contributed by atoms with E-state index in [2.05, 4.69) is 52.5 Å². The van der Waals surface area contributed by atoms with Crippen LogP contribution in [0, 0.1) is 0 Å². The summed E-state index contributed by atoms with van der Waals surface area (Å²) in [6.07, 6.45) is 0. The average molecular weight is 485 g/mol. The lowest BCUT2D eigenvalue weighted by Gasteiger charge is -2.11. The van der Waals surface area contributed by atoms with E-state index in [-0.39, 0.29) is 4.90 Å². The second kappa shape index (κ2) is 6.05. The number of halogens is 3. The van der Waals surface area contributed by atoms with Crippen molar-refractivity contribution in [2.24, 2.45) is 0 Å². The highest BCUT2D eigenvalue weighted by atomic mass is 79.9. The second-order valence-corrected chi connectivity index (χ2v) is 8.22. The molecule has 0 aliphatic rings. The number of nitrogens with two attached hydrogens (primary N) is 1. The van der Waals surface area contributed by atoms with Gasteiger partial charge in [0.25, 0.3) is 10.0 Å². The van der Waals surface area contributed by atoms with Gasteiger partial charge < -0.3 is 5.73 Å². The van der Waals surface area contributed by atoms with Gasteiger partial charge in [-0.15, -0.1) is 0 Å². The molecule has 0 saturated carbocycles. The summed E-state index contributed by atoms with van der Waals surface area (Å²) in [5, 5.41) is 0. The van der Waals surface area contributed by atoms with Gasteiger partial charge in [0, 0.05) is 19.1 Å². The molecular formula is C12H9Br3N2O2S. The molecular weight excluding hydrogens is 476 g/mol. The van der Waals surface area contributed by atoms with Crippen LogP contribution in [0.5, 0.6) is 0 Å². The molecule has 20 heavy (non-hydrogen) atoms. The zero-order valence-electron chi connectivity index (χ0n) is 9.90. The maximum Gasteiger partial charge on any atom is 0.262 e. The fourth-order valence-electron chi connectivity index (χ4n) is 1.46. The third-order valence-corrected chi connectivity index (χ3v) is 5.69. The number of hydrogen-bond acceptors (Lipinski definition) is 3. The van der Waals surface area contributed by atoms with Crippen LogP contribution < -0.4 is 10.5 Å². The lowest BCUT2D eigenvalue weighted by Crippen LogP contribution is -2.13. The molecule has 0 fully saturated rings. The Bertz CT molecular complexity index is 763. The van der Waals surface area contributed by atoms with Crippen molar-refractivity contribution in [3.63, 3.8) is 0 Å². The summed E-state index contributed by atoms with van der Waals surface area (Å²) in [4.78, 5) is 0.105. The minimum Gasteiger partial charge on any atom is -0.398 e. The maximum atomic E-state index is 12.3. The van der Waals surface area contributed by atoms with Crippen molar-refractivity contribution < 1.29 is 8.42 Å². The molecule has 0 aliphatic heterocycles. The average Bonchev–Trinajstić information content (AvgIpc) is 2.36. The van der Waals surface area contributed by atoms with Gasteiger partial charge in [-0.3, -0.25) is 4.72 Å². The Morgan fingerprint density at radius 3 is 2.25 bits per heavy atom. The molecule has 106 valence electrons. The summed E-state index contributed by atoms with van der Waals surface area (Å²) in [7, 11) is -3.68.